The van der Waals surface area contributed by atoms with Crippen molar-refractivity contribution in [1.29, 1.82) is 0 Å². The van der Waals surface area contributed by atoms with Gasteiger partial charge in [-0.05, 0) is 12.1 Å². The number of hydrogen-bond donors (Lipinski definition) is 1. The monoisotopic (exact) mass is 278 g/mol. The molecule has 2 aromatic heterocycles. The molecule has 2 heterocycles. The lowest BCUT2D eigenvalue weighted by Gasteiger charge is -2.07. The predicted molar refractivity (Wildman–Crippen MR) is 84.6 cm³/mol. The van der Waals surface area contributed by atoms with E-state index in [1.807, 2.05) is 48.5 Å². The molecule has 0 aliphatic rings. The van der Waals surface area contributed by atoms with Gasteiger partial charge in [-0.3, -0.25) is 4.79 Å². The van der Waals surface area contributed by atoms with E-state index in [0.29, 0.717) is 6.73 Å². The fourth-order valence-corrected chi connectivity index (χ4v) is 3.06. The summed E-state index contributed by atoms with van der Waals surface area (Å²) in [7, 11) is 1.66. The van der Waals surface area contributed by atoms with Gasteiger partial charge in [0.15, 0.2) is 0 Å². The first kappa shape index (κ1) is 12.2. The summed E-state index contributed by atoms with van der Waals surface area (Å²) >= 11 is 0. The third-order valence-electron chi connectivity index (χ3n) is 3.89. The zero-order valence-corrected chi connectivity index (χ0v) is 11.6. The average molecular weight is 278 g/mol. The number of methoxy groups -OCH3 is 1. The summed E-state index contributed by atoms with van der Waals surface area (Å²) in [5.74, 6) is 0. The number of benzene rings is 2. The number of ether oxygens (including phenoxy) is 1. The van der Waals surface area contributed by atoms with Crippen LogP contribution in [0.2, 0.25) is 0 Å². The van der Waals surface area contributed by atoms with Crippen molar-refractivity contribution in [2.45, 2.75) is 6.73 Å². The normalized spacial score (nSPS) is 11.7. The standard InChI is InChI=1S/C17H14N2O2/c1-21-10-19-14-9-5-3-7-12(14)15-16(19)11-6-2-4-8-13(11)18-17(15)20/h2-9H,10H2,1H3,(H,18,20). The number of hydrogen-bond acceptors (Lipinski definition) is 2. The fourth-order valence-electron chi connectivity index (χ4n) is 3.06. The maximum absolute atomic E-state index is 12.5. The second-order valence-electron chi connectivity index (χ2n) is 5.09. The summed E-state index contributed by atoms with van der Waals surface area (Å²) in [6.45, 7) is 0.414. The second-order valence-corrected chi connectivity index (χ2v) is 5.09. The van der Waals surface area contributed by atoms with Crippen LogP contribution >= 0.6 is 0 Å². The Morgan fingerprint density at radius 2 is 1.76 bits per heavy atom. The molecule has 0 spiro atoms. The number of aromatic nitrogens is 2. The van der Waals surface area contributed by atoms with Crippen molar-refractivity contribution >= 4 is 32.7 Å². The molecule has 0 aliphatic heterocycles. The predicted octanol–water partition coefficient (Wildman–Crippen LogP) is 3.24. The molecule has 0 atom stereocenters. The molecule has 4 nitrogen and oxygen atoms in total. The van der Waals surface area contributed by atoms with E-state index in [9.17, 15) is 4.79 Å². The summed E-state index contributed by atoms with van der Waals surface area (Å²) in [6.07, 6.45) is 0. The molecule has 1 N–H and O–H groups in total. The highest BCUT2D eigenvalue weighted by Crippen LogP contribution is 2.30. The van der Waals surface area contributed by atoms with Crippen LogP contribution in [-0.2, 0) is 11.5 Å². The van der Waals surface area contributed by atoms with Crippen molar-refractivity contribution in [2.75, 3.05) is 7.11 Å². The summed E-state index contributed by atoms with van der Waals surface area (Å²) in [6, 6.07) is 15.8. The molecular formula is C17H14N2O2. The number of pyridine rings is 1. The fraction of sp³-hybridized carbons (Fsp3) is 0.118. The quantitative estimate of drug-likeness (QED) is 0.612. The summed E-state index contributed by atoms with van der Waals surface area (Å²) < 4.78 is 7.40. The van der Waals surface area contributed by atoms with E-state index in [-0.39, 0.29) is 5.56 Å². The van der Waals surface area contributed by atoms with Crippen LogP contribution in [-0.4, -0.2) is 16.7 Å². The van der Waals surface area contributed by atoms with Crippen LogP contribution in [0.1, 0.15) is 0 Å². The minimum atomic E-state index is -0.0604. The molecule has 104 valence electrons. The summed E-state index contributed by atoms with van der Waals surface area (Å²) in [5.41, 5.74) is 2.72. The molecule has 0 radical (unpaired) electrons. The Bertz CT molecular complexity index is 1030. The molecule has 21 heavy (non-hydrogen) atoms. The van der Waals surface area contributed by atoms with Gasteiger partial charge in [0.1, 0.15) is 6.73 Å². The Kier molecular flexibility index (Phi) is 2.59. The van der Waals surface area contributed by atoms with Crippen LogP contribution in [0.4, 0.5) is 0 Å². The van der Waals surface area contributed by atoms with E-state index in [0.717, 1.165) is 32.7 Å². The van der Waals surface area contributed by atoms with Gasteiger partial charge in [-0.1, -0.05) is 36.4 Å². The van der Waals surface area contributed by atoms with E-state index < -0.39 is 0 Å². The van der Waals surface area contributed by atoms with Crippen molar-refractivity contribution in [2.24, 2.45) is 0 Å². The van der Waals surface area contributed by atoms with E-state index in [1.165, 1.54) is 0 Å². The van der Waals surface area contributed by atoms with Gasteiger partial charge in [0, 0.05) is 17.9 Å². The van der Waals surface area contributed by atoms with Crippen LogP contribution in [0.5, 0.6) is 0 Å². The Hall–Kier alpha value is -2.59. The number of rotatable bonds is 2. The topological polar surface area (TPSA) is 47.0 Å². The van der Waals surface area contributed by atoms with Gasteiger partial charge in [-0.2, -0.15) is 0 Å². The van der Waals surface area contributed by atoms with Crippen molar-refractivity contribution in [3.05, 3.63) is 58.9 Å². The smallest absolute Gasteiger partial charge is 0.258 e. The number of nitrogens with one attached hydrogen (secondary N) is 1. The highest BCUT2D eigenvalue weighted by molar-refractivity contribution is 6.16. The highest BCUT2D eigenvalue weighted by Gasteiger charge is 2.15. The zero-order chi connectivity index (χ0) is 14.4. The lowest BCUT2D eigenvalue weighted by Crippen LogP contribution is -2.07. The molecule has 0 saturated carbocycles. The molecule has 4 rings (SSSR count). The van der Waals surface area contributed by atoms with Crippen LogP contribution in [0.3, 0.4) is 0 Å². The number of nitrogens with zero attached hydrogens (tertiary/aromatic N) is 1. The van der Waals surface area contributed by atoms with Gasteiger partial charge < -0.3 is 14.3 Å². The Balaban J connectivity index is 2.37. The first-order valence-corrected chi connectivity index (χ1v) is 6.82. The van der Waals surface area contributed by atoms with Crippen molar-refractivity contribution in [1.82, 2.24) is 9.55 Å². The average Bonchev–Trinajstić information content (AvgIpc) is 2.84. The van der Waals surface area contributed by atoms with E-state index in [1.54, 1.807) is 7.11 Å². The molecule has 0 aliphatic carbocycles. The Labute approximate surface area is 120 Å². The molecule has 0 fully saturated rings. The number of fused-ring (bicyclic) bond motifs is 5. The van der Waals surface area contributed by atoms with Gasteiger partial charge in [-0.25, -0.2) is 0 Å². The minimum Gasteiger partial charge on any atom is -0.364 e. The maximum atomic E-state index is 12.5. The van der Waals surface area contributed by atoms with Crippen LogP contribution in [0.25, 0.3) is 32.7 Å². The van der Waals surface area contributed by atoms with Crippen LogP contribution < -0.4 is 5.56 Å². The van der Waals surface area contributed by atoms with E-state index in [4.69, 9.17) is 4.74 Å². The summed E-state index contributed by atoms with van der Waals surface area (Å²) in [4.78, 5) is 15.5. The van der Waals surface area contributed by atoms with E-state index >= 15 is 0 Å². The molecular weight excluding hydrogens is 264 g/mol. The Morgan fingerprint density at radius 3 is 2.57 bits per heavy atom. The number of H-pyrrole nitrogens is 1. The minimum absolute atomic E-state index is 0.0604. The van der Waals surface area contributed by atoms with Gasteiger partial charge >= 0.3 is 0 Å². The first-order valence-electron chi connectivity index (χ1n) is 6.82. The van der Waals surface area contributed by atoms with Gasteiger partial charge in [-0.15, -0.1) is 0 Å². The lowest BCUT2D eigenvalue weighted by molar-refractivity contribution is 0.138. The highest BCUT2D eigenvalue weighted by atomic mass is 16.5. The van der Waals surface area contributed by atoms with Gasteiger partial charge in [0.25, 0.3) is 5.56 Å². The zero-order valence-electron chi connectivity index (χ0n) is 11.6. The Morgan fingerprint density at radius 1 is 1.05 bits per heavy atom. The number of aromatic amines is 1. The molecule has 0 saturated heterocycles. The molecule has 4 heteroatoms. The molecule has 0 amide bonds. The summed E-state index contributed by atoms with van der Waals surface area (Å²) in [5, 5.41) is 2.71. The molecule has 2 aromatic carbocycles. The third-order valence-corrected chi connectivity index (χ3v) is 3.89. The van der Waals surface area contributed by atoms with Crippen molar-refractivity contribution < 1.29 is 4.74 Å². The second kappa shape index (κ2) is 4.46. The van der Waals surface area contributed by atoms with Crippen molar-refractivity contribution in [3.8, 4) is 0 Å². The maximum Gasteiger partial charge on any atom is 0.258 e. The first-order chi connectivity index (χ1) is 10.3. The van der Waals surface area contributed by atoms with Gasteiger partial charge in [0.05, 0.1) is 21.9 Å². The molecule has 0 unspecified atom stereocenters. The lowest BCUT2D eigenvalue weighted by atomic mass is 10.1. The largest absolute Gasteiger partial charge is 0.364 e. The van der Waals surface area contributed by atoms with Gasteiger partial charge in [0.2, 0.25) is 0 Å². The number of para-hydroxylation sites is 2. The molecule has 4 aromatic rings. The van der Waals surface area contributed by atoms with Crippen LogP contribution in [0.15, 0.2) is 53.3 Å². The van der Waals surface area contributed by atoms with Crippen molar-refractivity contribution in [3.63, 3.8) is 0 Å². The third kappa shape index (κ3) is 1.63. The van der Waals surface area contributed by atoms with E-state index in [2.05, 4.69) is 9.55 Å². The van der Waals surface area contributed by atoms with Crippen LogP contribution in [0, 0.1) is 0 Å². The molecule has 0 bridgehead atoms. The SMILES string of the molecule is COCn1c2ccccc2c2c(=O)[nH]c3ccccc3c21.